The quantitative estimate of drug-likeness (QED) is 0.757. The molecule has 28 heavy (non-hydrogen) atoms. The van der Waals surface area contributed by atoms with Crippen LogP contribution in [0.25, 0.3) is 0 Å². The number of aryl methyl sites for hydroxylation is 2. The Morgan fingerprint density at radius 1 is 1.21 bits per heavy atom. The van der Waals surface area contributed by atoms with E-state index in [-0.39, 0.29) is 24.3 Å². The lowest BCUT2D eigenvalue weighted by Gasteiger charge is -2.36. The second kappa shape index (κ2) is 7.81. The average Bonchev–Trinajstić information content (AvgIpc) is 3.11. The Morgan fingerprint density at radius 2 is 2.00 bits per heavy atom. The lowest BCUT2D eigenvalue weighted by atomic mass is 9.73. The molecule has 8 heteroatoms. The van der Waals surface area contributed by atoms with E-state index in [1.807, 2.05) is 6.92 Å². The number of carbonyl (C=O) groups excluding carboxylic acids is 3. The number of nitrogens with one attached hydrogen (secondary N) is 2. The second-order valence-electron chi connectivity index (χ2n) is 8.29. The summed E-state index contributed by atoms with van der Waals surface area (Å²) in [5.41, 5.74) is 0.261. The van der Waals surface area contributed by atoms with E-state index < -0.39 is 11.6 Å². The monoisotopic (exact) mass is 404 g/mol. The molecule has 1 aliphatic heterocycles. The number of thiazole rings is 1. The van der Waals surface area contributed by atoms with Gasteiger partial charge in [0.25, 0.3) is 5.91 Å². The molecule has 1 saturated carbocycles. The van der Waals surface area contributed by atoms with Gasteiger partial charge in [0, 0.05) is 4.88 Å². The van der Waals surface area contributed by atoms with Crippen molar-refractivity contribution in [2.45, 2.75) is 76.7 Å². The number of hydrogen-bond donors (Lipinski definition) is 2. The molecule has 1 aromatic rings. The SMILES string of the molecule is C[C@@H]1CCCC[C@]12NC(=O)N(CC(=O)Nc1nc3c(s1)CCCCCC3)C2=O. The Balaban J connectivity index is 1.42. The number of aromatic nitrogens is 1. The molecular formula is C20H28N4O3S. The summed E-state index contributed by atoms with van der Waals surface area (Å²) in [5.74, 6) is -0.540. The van der Waals surface area contributed by atoms with Gasteiger partial charge in [-0.3, -0.25) is 14.5 Å². The van der Waals surface area contributed by atoms with E-state index in [0.29, 0.717) is 11.6 Å². The van der Waals surface area contributed by atoms with Crippen LogP contribution in [-0.2, 0) is 22.4 Å². The maximum Gasteiger partial charge on any atom is 0.325 e. The minimum atomic E-state index is -0.827. The van der Waals surface area contributed by atoms with Gasteiger partial charge in [-0.15, -0.1) is 11.3 Å². The van der Waals surface area contributed by atoms with Crippen molar-refractivity contribution >= 4 is 34.3 Å². The Morgan fingerprint density at radius 3 is 2.79 bits per heavy atom. The van der Waals surface area contributed by atoms with Crippen molar-refractivity contribution < 1.29 is 14.4 Å². The highest BCUT2D eigenvalue weighted by Crippen LogP contribution is 2.38. The van der Waals surface area contributed by atoms with Crippen LogP contribution in [-0.4, -0.2) is 39.8 Å². The third-order valence-corrected chi connectivity index (χ3v) is 7.47. The zero-order valence-corrected chi connectivity index (χ0v) is 17.2. The maximum absolute atomic E-state index is 13.0. The molecule has 0 bridgehead atoms. The van der Waals surface area contributed by atoms with E-state index in [2.05, 4.69) is 15.6 Å². The summed E-state index contributed by atoms with van der Waals surface area (Å²) in [6.07, 6.45) is 10.3. The van der Waals surface area contributed by atoms with Gasteiger partial charge in [-0.05, 0) is 44.4 Å². The van der Waals surface area contributed by atoms with E-state index in [1.165, 1.54) is 29.1 Å². The van der Waals surface area contributed by atoms with Gasteiger partial charge in [-0.1, -0.05) is 32.6 Å². The molecule has 2 atom stereocenters. The van der Waals surface area contributed by atoms with E-state index in [0.717, 1.165) is 55.5 Å². The highest BCUT2D eigenvalue weighted by molar-refractivity contribution is 7.15. The standard InChI is InChI=1S/C20H28N4O3S/c1-13-8-6-7-11-20(13)17(26)24(19(27)23-20)12-16(25)22-18-21-14-9-4-2-3-5-10-15(14)28-18/h13H,2-12H2,1H3,(H,23,27)(H,21,22,25)/t13-,20+/m1/s1. The molecule has 1 saturated heterocycles. The first-order chi connectivity index (χ1) is 13.5. The van der Waals surface area contributed by atoms with Crippen molar-refractivity contribution in [1.82, 2.24) is 15.2 Å². The molecule has 2 heterocycles. The van der Waals surface area contributed by atoms with Crippen molar-refractivity contribution in [2.24, 2.45) is 5.92 Å². The Kier molecular flexibility index (Phi) is 5.40. The zero-order valence-electron chi connectivity index (χ0n) is 16.4. The van der Waals surface area contributed by atoms with Crippen molar-refractivity contribution in [3.8, 4) is 0 Å². The van der Waals surface area contributed by atoms with Gasteiger partial charge in [0.05, 0.1) is 5.69 Å². The number of amides is 4. The number of urea groups is 1. The molecule has 0 aromatic carbocycles. The summed E-state index contributed by atoms with van der Waals surface area (Å²) in [6.45, 7) is 1.75. The third-order valence-electron chi connectivity index (χ3n) is 6.40. The molecule has 1 spiro atoms. The highest BCUT2D eigenvalue weighted by Gasteiger charge is 2.55. The third kappa shape index (κ3) is 3.54. The number of fused-ring (bicyclic) bond motifs is 1. The van der Waals surface area contributed by atoms with Crippen molar-refractivity contribution in [2.75, 3.05) is 11.9 Å². The maximum atomic E-state index is 13.0. The lowest BCUT2D eigenvalue weighted by molar-refractivity contribution is -0.136. The molecule has 0 radical (unpaired) electrons. The average molecular weight is 405 g/mol. The molecule has 7 nitrogen and oxygen atoms in total. The fourth-order valence-corrected chi connectivity index (χ4v) is 5.77. The topological polar surface area (TPSA) is 91.4 Å². The smallest absolute Gasteiger partial charge is 0.323 e. The highest BCUT2D eigenvalue weighted by atomic mass is 32.1. The fourth-order valence-electron chi connectivity index (χ4n) is 4.70. The predicted octanol–water partition coefficient (Wildman–Crippen LogP) is 3.24. The molecule has 4 amide bonds. The number of hydrogen-bond acceptors (Lipinski definition) is 5. The van der Waals surface area contributed by atoms with E-state index >= 15 is 0 Å². The minimum absolute atomic E-state index is 0.0873. The van der Waals surface area contributed by atoms with Gasteiger partial charge in [-0.2, -0.15) is 0 Å². The van der Waals surface area contributed by atoms with Crippen molar-refractivity contribution in [3.63, 3.8) is 0 Å². The van der Waals surface area contributed by atoms with E-state index in [9.17, 15) is 14.4 Å². The summed E-state index contributed by atoms with van der Waals surface area (Å²) in [4.78, 5) is 44.9. The van der Waals surface area contributed by atoms with E-state index in [1.54, 1.807) is 0 Å². The van der Waals surface area contributed by atoms with Crippen LogP contribution in [0.5, 0.6) is 0 Å². The summed E-state index contributed by atoms with van der Waals surface area (Å²) in [6, 6.07) is -0.458. The number of imide groups is 1. The molecule has 3 aliphatic rings. The number of rotatable bonds is 3. The summed E-state index contributed by atoms with van der Waals surface area (Å²) < 4.78 is 0. The van der Waals surface area contributed by atoms with Crippen molar-refractivity contribution in [3.05, 3.63) is 10.6 Å². The summed E-state index contributed by atoms with van der Waals surface area (Å²) in [5, 5.41) is 6.27. The first-order valence-corrected chi connectivity index (χ1v) is 11.2. The van der Waals surface area contributed by atoms with Gasteiger partial charge < -0.3 is 10.6 Å². The number of nitrogens with zero attached hydrogens (tertiary/aromatic N) is 2. The fraction of sp³-hybridized carbons (Fsp3) is 0.700. The molecule has 152 valence electrons. The lowest BCUT2D eigenvalue weighted by Crippen LogP contribution is -2.54. The van der Waals surface area contributed by atoms with Crippen LogP contribution in [0.2, 0.25) is 0 Å². The van der Waals surface area contributed by atoms with Crippen LogP contribution < -0.4 is 10.6 Å². The Labute approximate surface area is 169 Å². The van der Waals surface area contributed by atoms with Crippen LogP contribution in [0.15, 0.2) is 0 Å². The molecule has 4 rings (SSSR count). The van der Waals surface area contributed by atoms with Crippen molar-refractivity contribution in [1.29, 1.82) is 0 Å². The van der Waals surface area contributed by atoms with Crippen LogP contribution in [0.4, 0.5) is 9.93 Å². The molecule has 2 N–H and O–H groups in total. The van der Waals surface area contributed by atoms with Crippen LogP contribution in [0, 0.1) is 5.92 Å². The Hall–Kier alpha value is -1.96. The van der Waals surface area contributed by atoms with Gasteiger partial charge in [0.15, 0.2) is 5.13 Å². The molecule has 1 aromatic heterocycles. The Bertz CT molecular complexity index is 767. The largest absolute Gasteiger partial charge is 0.325 e. The molecule has 0 unspecified atom stereocenters. The zero-order chi connectivity index (χ0) is 19.7. The van der Waals surface area contributed by atoms with E-state index in [4.69, 9.17) is 0 Å². The summed E-state index contributed by atoms with van der Waals surface area (Å²) >= 11 is 1.52. The van der Waals surface area contributed by atoms with Crippen LogP contribution in [0.1, 0.15) is 68.9 Å². The normalized spacial score (nSPS) is 27.9. The minimum Gasteiger partial charge on any atom is -0.323 e. The van der Waals surface area contributed by atoms with Crippen LogP contribution in [0.3, 0.4) is 0 Å². The molecule has 2 aliphatic carbocycles. The predicted molar refractivity (Wildman–Crippen MR) is 107 cm³/mol. The first kappa shape index (κ1) is 19.4. The first-order valence-electron chi connectivity index (χ1n) is 10.4. The number of anilines is 1. The number of carbonyl (C=O) groups is 3. The molecule has 2 fully saturated rings. The second-order valence-corrected chi connectivity index (χ2v) is 9.37. The summed E-state index contributed by atoms with van der Waals surface area (Å²) in [7, 11) is 0. The van der Waals surface area contributed by atoms with Gasteiger partial charge >= 0.3 is 6.03 Å². The molecular weight excluding hydrogens is 376 g/mol. The van der Waals surface area contributed by atoms with Gasteiger partial charge in [0.1, 0.15) is 12.1 Å². The van der Waals surface area contributed by atoms with Gasteiger partial charge in [0.2, 0.25) is 5.91 Å². The van der Waals surface area contributed by atoms with Crippen LogP contribution >= 0.6 is 11.3 Å². The van der Waals surface area contributed by atoms with Gasteiger partial charge in [-0.25, -0.2) is 9.78 Å².